The van der Waals surface area contributed by atoms with Crippen molar-refractivity contribution in [3.05, 3.63) is 29.6 Å². The molecule has 7 heteroatoms. The Labute approximate surface area is 129 Å². The number of hydrogen-bond acceptors (Lipinski definition) is 5. The molecule has 7 nitrogen and oxygen atoms in total. The van der Waals surface area contributed by atoms with Gasteiger partial charge < -0.3 is 10.4 Å². The Morgan fingerprint density at radius 1 is 1.36 bits per heavy atom. The molecule has 1 atom stereocenters. The van der Waals surface area contributed by atoms with Gasteiger partial charge in [0.2, 0.25) is 0 Å². The highest BCUT2D eigenvalue weighted by atomic mass is 16.4. The molecule has 0 aromatic carbocycles. The minimum Gasteiger partial charge on any atom is -0.480 e. The predicted octanol–water partition coefficient (Wildman–Crippen LogP) is 2.33. The van der Waals surface area contributed by atoms with E-state index in [2.05, 4.69) is 20.6 Å². The van der Waals surface area contributed by atoms with Gasteiger partial charge in [0, 0.05) is 5.69 Å². The average Bonchev–Trinajstić information content (AvgIpc) is 2.82. The molecule has 2 aromatic heterocycles. The van der Waals surface area contributed by atoms with E-state index in [4.69, 9.17) is 0 Å². The van der Waals surface area contributed by atoms with Crippen LogP contribution in [0, 0.1) is 13.8 Å². The molecule has 2 rings (SSSR count). The number of aliphatic carboxylic acids is 1. The van der Waals surface area contributed by atoms with Crippen molar-refractivity contribution in [2.45, 2.75) is 46.1 Å². The summed E-state index contributed by atoms with van der Waals surface area (Å²) < 4.78 is 1.71. The molecule has 0 amide bonds. The van der Waals surface area contributed by atoms with Crippen molar-refractivity contribution in [1.29, 1.82) is 0 Å². The van der Waals surface area contributed by atoms with Crippen molar-refractivity contribution >= 4 is 11.8 Å². The van der Waals surface area contributed by atoms with Gasteiger partial charge in [-0.3, -0.25) is 0 Å². The van der Waals surface area contributed by atoms with Crippen LogP contribution in [0.5, 0.6) is 0 Å². The Bertz CT molecular complexity index is 636. The standard InChI is InChI=1S/C15H21N5O2/c1-4-5-6-12(15(21)22)16-13-7-8-14(18-17-13)20-11(3)9-10(2)19-20/h7-9,12H,4-6H2,1-3H3,(H,16,17)(H,21,22). The van der Waals surface area contributed by atoms with E-state index in [0.29, 0.717) is 18.1 Å². The molecule has 2 heterocycles. The third-order valence-corrected chi connectivity index (χ3v) is 3.34. The van der Waals surface area contributed by atoms with E-state index < -0.39 is 12.0 Å². The van der Waals surface area contributed by atoms with Crippen LogP contribution in [0.1, 0.15) is 37.6 Å². The maximum atomic E-state index is 11.2. The van der Waals surface area contributed by atoms with E-state index in [1.807, 2.05) is 26.8 Å². The van der Waals surface area contributed by atoms with Crippen LogP contribution >= 0.6 is 0 Å². The Morgan fingerprint density at radius 2 is 2.14 bits per heavy atom. The van der Waals surface area contributed by atoms with E-state index >= 15 is 0 Å². The maximum absolute atomic E-state index is 11.2. The molecule has 1 unspecified atom stereocenters. The Hall–Kier alpha value is -2.44. The van der Waals surface area contributed by atoms with Crippen molar-refractivity contribution < 1.29 is 9.90 Å². The number of aryl methyl sites for hydroxylation is 2. The first kappa shape index (κ1) is 15.9. The van der Waals surface area contributed by atoms with E-state index in [-0.39, 0.29) is 0 Å². The quantitative estimate of drug-likeness (QED) is 0.815. The number of carboxylic acids is 1. The molecule has 2 N–H and O–H groups in total. The van der Waals surface area contributed by atoms with Crippen molar-refractivity contribution in [1.82, 2.24) is 20.0 Å². The number of unbranched alkanes of at least 4 members (excludes halogenated alkanes) is 1. The van der Waals surface area contributed by atoms with E-state index in [0.717, 1.165) is 24.2 Å². The van der Waals surface area contributed by atoms with Crippen LogP contribution in [0.25, 0.3) is 5.82 Å². The minimum absolute atomic E-state index is 0.453. The van der Waals surface area contributed by atoms with Crippen LogP contribution in [0.3, 0.4) is 0 Å². The molecule has 22 heavy (non-hydrogen) atoms. The van der Waals surface area contributed by atoms with Crippen LogP contribution in [0.4, 0.5) is 5.82 Å². The van der Waals surface area contributed by atoms with Gasteiger partial charge in [-0.25, -0.2) is 9.48 Å². The summed E-state index contributed by atoms with van der Waals surface area (Å²) in [5, 5.41) is 24.6. The van der Waals surface area contributed by atoms with Gasteiger partial charge in [-0.15, -0.1) is 10.2 Å². The lowest BCUT2D eigenvalue weighted by atomic mass is 10.1. The van der Waals surface area contributed by atoms with Crippen molar-refractivity contribution in [3.63, 3.8) is 0 Å². The minimum atomic E-state index is -0.877. The lowest BCUT2D eigenvalue weighted by molar-refractivity contribution is -0.138. The number of rotatable bonds is 7. The highest BCUT2D eigenvalue weighted by Crippen LogP contribution is 2.12. The van der Waals surface area contributed by atoms with E-state index in [1.54, 1.807) is 16.8 Å². The molecule has 0 aliphatic rings. The summed E-state index contributed by atoms with van der Waals surface area (Å²) in [6, 6.07) is 4.81. The fourth-order valence-electron chi connectivity index (χ4n) is 2.22. The molecule has 0 aliphatic heterocycles. The number of carbonyl (C=O) groups is 1. The Kier molecular flexibility index (Phi) is 5.08. The fraction of sp³-hybridized carbons (Fsp3) is 0.467. The molecule has 0 radical (unpaired) electrons. The predicted molar refractivity (Wildman–Crippen MR) is 83.2 cm³/mol. The van der Waals surface area contributed by atoms with Gasteiger partial charge in [-0.2, -0.15) is 5.10 Å². The Balaban J connectivity index is 2.11. The molecule has 0 saturated heterocycles. The third-order valence-electron chi connectivity index (χ3n) is 3.34. The molecule has 0 spiro atoms. The first-order chi connectivity index (χ1) is 10.5. The monoisotopic (exact) mass is 303 g/mol. The number of anilines is 1. The van der Waals surface area contributed by atoms with Crippen LogP contribution < -0.4 is 5.32 Å². The second-order valence-corrected chi connectivity index (χ2v) is 5.29. The first-order valence-corrected chi connectivity index (χ1v) is 7.38. The maximum Gasteiger partial charge on any atom is 0.326 e. The van der Waals surface area contributed by atoms with Gasteiger partial charge in [0.25, 0.3) is 0 Å². The molecule has 0 bridgehead atoms. The van der Waals surface area contributed by atoms with Gasteiger partial charge in [-0.05, 0) is 38.5 Å². The average molecular weight is 303 g/mol. The zero-order chi connectivity index (χ0) is 16.1. The zero-order valence-corrected chi connectivity index (χ0v) is 13.1. The molecule has 118 valence electrons. The summed E-state index contributed by atoms with van der Waals surface area (Å²) in [7, 11) is 0. The van der Waals surface area contributed by atoms with Gasteiger partial charge in [-0.1, -0.05) is 19.8 Å². The van der Waals surface area contributed by atoms with Gasteiger partial charge in [0.05, 0.1) is 5.69 Å². The number of hydrogen-bond donors (Lipinski definition) is 2. The second-order valence-electron chi connectivity index (χ2n) is 5.29. The molecule has 0 fully saturated rings. The van der Waals surface area contributed by atoms with Gasteiger partial charge in [0.15, 0.2) is 5.82 Å². The second kappa shape index (κ2) is 7.02. The summed E-state index contributed by atoms with van der Waals surface area (Å²) in [6.07, 6.45) is 2.36. The first-order valence-electron chi connectivity index (χ1n) is 7.38. The van der Waals surface area contributed by atoms with Crippen LogP contribution in [-0.2, 0) is 4.79 Å². The normalized spacial score (nSPS) is 12.1. The SMILES string of the molecule is CCCCC(Nc1ccc(-n2nc(C)cc2C)nn1)C(=O)O. The summed E-state index contributed by atoms with van der Waals surface area (Å²) in [4.78, 5) is 11.2. The van der Waals surface area contributed by atoms with Crippen LogP contribution in [-0.4, -0.2) is 37.1 Å². The largest absolute Gasteiger partial charge is 0.480 e. The van der Waals surface area contributed by atoms with Crippen LogP contribution in [0.2, 0.25) is 0 Å². The Morgan fingerprint density at radius 3 is 2.64 bits per heavy atom. The smallest absolute Gasteiger partial charge is 0.326 e. The number of nitrogens with one attached hydrogen (secondary N) is 1. The lowest BCUT2D eigenvalue weighted by Crippen LogP contribution is -2.29. The number of nitrogens with zero attached hydrogens (tertiary/aromatic N) is 4. The molecule has 0 aliphatic carbocycles. The summed E-state index contributed by atoms with van der Waals surface area (Å²) >= 11 is 0. The zero-order valence-electron chi connectivity index (χ0n) is 13.1. The van der Waals surface area contributed by atoms with E-state index in [9.17, 15) is 9.90 Å². The lowest BCUT2D eigenvalue weighted by Gasteiger charge is -2.14. The summed E-state index contributed by atoms with van der Waals surface area (Å²) in [6.45, 7) is 5.89. The van der Waals surface area contributed by atoms with Crippen molar-refractivity contribution in [3.8, 4) is 5.82 Å². The topological polar surface area (TPSA) is 92.9 Å². The molecular formula is C15H21N5O2. The van der Waals surface area contributed by atoms with Gasteiger partial charge >= 0.3 is 5.97 Å². The highest BCUT2D eigenvalue weighted by molar-refractivity contribution is 5.76. The van der Waals surface area contributed by atoms with Gasteiger partial charge in [0.1, 0.15) is 11.9 Å². The van der Waals surface area contributed by atoms with Crippen LogP contribution in [0.15, 0.2) is 18.2 Å². The summed E-state index contributed by atoms with van der Waals surface area (Å²) in [5.74, 6) is 0.184. The third kappa shape index (κ3) is 3.81. The fourth-order valence-corrected chi connectivity index (χ4v) is 2.22. The molecule has 2 aromatic rings. The van der Waals surface area contributed by atoms with E-state index in [1.165, 1.54) is 0 Å². The number of aromatic nitrogens is 4. The molecular weight excluding hydrogens is 282 g/mol. The highest BCUT2D eigenvalue weighted by Gasteiger charge is 2.17. The van der Waals surface area contributed by atoms with Crippen molar-refractivity contribution in [2.24, 2.45) is 0 Å². The number of carboxylic acid groups (broad SMARTS) is 1. The molecule has 0 saturated carbocycles. The van der Waals surface area contributed by atoms with Crippen molar-refractivity contribution in [2.75, 3.05) is 5.32 Å². The summed E-state index contributed by atoms with van der Waals surface area (Å²) in [5.41, 5.74) is 1.88.